The summed E-state index contributed by atoms with van der Waals surface area (Å²) in [6, 6.07) is 13.9. The van der Waals surface area contributed by atoms with E-state index in [2.05, 4.69) is 35.1 Å². The number of ether oxygens (including phenoxy) is 2. The van der Waals surface area contributed by atoms with E-state index < -0.39 is 0 Å². The van der Waals surface area contributed by atoms with E-state index in [0.717, 1.165) is 35.0 Å². The van der Waals surface area contributed by atoms with Gasteiger partial charge < -0.3 is 24.7 Å². The molecule has 0 fully saturated rings. The maximum Gasteiger partial charge on any atom is 0.253 e. The van der Waals surface area contributed by atoms with Crippen LogP contribution in [0.15, 0.2) is 47.3 Å². The Labute approximate surface area is 200 Å². The van der Waals surface area contributed by atoms with Crippen molar-refractivity contribution >= 4 is 28.2 Å². The van der Waals surface area contributed by atoms with Crippen LogP contribution in [-0.2, 0) is 13.0 Å². The number of benzene rings is 2. The topological polar surface area (TPSA) is 66.6 Å². The summed E-state index contributed by atoms with van der Waals surface area (Å²) in [6.07, 6.45) is 0.744. The van der Waals surface area contributed by atoms with E-state index in [-0.39, 0.29) is 5.56 Å². The van der Waals surface area contributed by atoms with Crippen LogP contribution in [-0.4, -0.2) is 42.3 Å². The van der Waals surface area contributed by atoms with E-state index in [1.54, 1.807) is 14.2 Å². The second-order valence-electron chi connectivity index (χ2n) is 8.66. The largest absolute Gasteiger partial charge is 0.493 e. The highest BCUT2D eigenvalue weighted by atomic mass is 32.1. The molecule has 6 nitrogen and oxygen atoms in total. The number of aromatic nitrogens is 1. The summed E-state index contributed by atoms with van der Waals surface area (Å²) < 4.78 is 10.8. The number of nitrogens with one attached hydrogen (secondary N) is 2. The van der Waals surface area contributed by atoms with Crippen molar-refractivity contribution in [1.82, 2.24) is 15.2 Å². The van der Waals surface area contributed by atoms with Crippen LogP contribution in [0.4, 0.5) is 0 Å². The third-order valence-corrected chi connectivity index (χ3v) is 5.91. The molecule has 0 aliphatic rings. The molecule has 1 aromatic heterocycles. The number of methoxy groups -OCH3 is 2. The van der Waals surface area contributed by atoms with Crippen LogP contribution >= 0.6 is 12.2 Å². The van der Waals surface area contributed by atoms with Gasteiger partial charge in [0.15, 0.2) is 16.6 Å². The monoisotopic (exact) mass is 467 g/mol. The Hall–Kier alpha value is -3.06. The van der Waals surface area contributed by atoms with Crippen molar-refractivity contribution in [1.29, 1.82) is 0 Å². The number of H-pyrrole nitrogens is 1. The maximum atomic E-state index is 12.8. The smallest absolute Gasteiger partial charge is 0.253 e. The Morgan fingerprint density at radius 2 is 1.85 bits per heavy atom. The van der Waals surface area contributed by atoms with Gasteiger partial charge in [-0.1, -0.05) is 31.5 Å². The summed E-state index contributed by atoms with van der Waals surface area (Å²) in [5, 5.41) is 5.01. The average Bonchev–Trinajstić information content (AvgIpc) is 2.80. The third-order valence-electron chi connectivity index (χ3n) is 5.50. The lowest BCUT2D eigenvalue weighted by Crippen LogP contribution is -2.42. The Morgan fingerprint density at radius 1 is 1.09 bits per heavy atom. The molecule has 176 valence electrons. The summed E-state index contributed by atoms with van der Waals surface area (Å²) in [4.78, 5) is 17.9. The van der Waals surface area contributed by atoms with Crippen LogP contribution in [0.1, 0.15) is 30.5 Å². The van der Waals surface area contributed by atoms with Gasteiger partial charge in [0.25, 0.3) is 5.56 Å². The van der Waals surface area contributed by atoms with E-state index in [1.807, 2.05) is 43.3 Å². The number of hydrogen-bond acceptors (Lipinski definition) is 4. The Morgan fingerprint density at radius 3 is 2.55 bits per heavy atom. The number of hydrogen-bond donors (Lipinski definition) is 2. The maximum absolute atomic E-state index is 12.8. The first-order valence-electron chi connectivity index (χ1n) is 11.2. The average molecular weight is 468 g/mol. The minimum absolute atomic E-state index is 0.0888. The van der Waals surface area contributed by atoms with Gasteiger partial charge in [-0.05, 0) is 72.8 Å². The highest BCUT2D eigenvalue weighted by Gasteiger charge is 2.15. The molecule has 0 amide bonds. The predicted octanol–water partition coefficient (Wildman–Crippen LogP) is 4.43. The first-order valence-corrected chi connectivity index (χ1v) is 11.6. The molecule has 3 aromatic rings. The van der Waals surface area contributed by atoms with Crippen molar-refractivity contribution in [2.75, 3.05) is 27.3 Å². The van der Waals surface area contributed by atoms with Crippen LogP contribution in [0.25, 0.3) is 10.9 Å². The van der Waals surface area contributed by atoms with Gasteiger partial charge in [-0.25, -0.2) is 0 Å². The second kappa shape index (κ2) is 11.2. The van der Waals surface area contributed by atoms with E-state index in [9.17, 15) is 4.79 Å². The standard InChI is InChI=1S/C26H33N3O3S/c1-17(2)15-27-26(33)29(11-10-19-7-9-23(31-4)24(13-19)32-5)16-21-14-20-12-18(3)6-8-22(20)28-25(21)30/h6-9,12-14,17H,10-11,15-16H2,1-5H3,(H,27,33)(H,28,30). The lowest BCUT2D eigenvalue weighted by atomic mass is 10.1. The van der Waals surface area contributed by atoms with Crippen molar-refractivity contribution in [3.8, 4) is 11.5 Å². The number of pyridine rings is 1. The first kappa shape index (κ1) is 24.6. The molecule has 0 radical (unpaired) electrons. The van der Waals surface area contributed by atoms with Crippen LogP contribution < -0.4 is 20.3 Å². The van der Waals surface area contributed by atoms with Gasteiger partial charge in [0, 0.05) is 24.2 Å². The molecule has 0 saturated heterocycles. The number of aryl methyl sites for hydroxylation is 1. The lowest BCUT2D eigenvalue weighted by Gasteiger charge is -2.26. The van der Waals surface area contributed by atoms with Crippen LogP contribution in [0.3, 0.4) is 0 Å². The van der Waals surface area contributed by atoms with E-state index in [1.165, 1.54) is 0 Å². The van der Waals surface area contributed by atoms with Crippen LogP contribution in [0.5, 0.6) is 11.5 Å². The number of rotatable bonds is 9. The molecule has 0 aliphatic heterocycles. The summed E-state index contributed by atoms with van der Waals surface area (Å²) in [5.74, 6) is 1.86. The molecule has 3 rings (SSSR count). The number of aromatic amines is 1. The Kier molecular flexibility index (Phi) is 8.33. The molecule has 1 heterocycles. The second-order valence-corrected chi connectivity index (χ2v) is 9.04. The molecule has 0 atom stereocenters. The Balaban J connectivity index is 1.84. The zero-order valence-electron chi connectivity index (χ0n) is 20.0. The Bertz CT molecular complexity index is 1170. The van der Waals surface area contributed by atoms with E-state index in [0.29, 0.717) is 41.2 Å². The molecule has 0 unspecified atom stereocenters. The highest BCUT2D eigenvalue weighted by Crippen LogP contribution is 2.27. The SMILES string of the molecule is COc1ccc(CCN(Cc2cc3cc(C)ccc3[nH]c2=O)C(=S)NCC(C)C)cc1OC. The lowest BCUT2D eigenvalue weighted by molar-refractivity contribution is 0.354. The number of nitrogens with zero attached hydrogens (tertiary/aromatic N) is 1. The minimum Gasteiger partial charge on any atom is -0.493 e. The fourth-order valence-corrected chi connectivity index (χ4v) is 3.89. The van der Waals surface area contributed by atoms with Gasteiger partial charge in [-0.3, -0.25) is 4.79 Å². The normalized spacial score (nSPS) is 11.0. The van der Waals surface area contributed by atoms with Crippen molar-refractivity contribution in [2.45, 2.75) is 33.7 Å². The highest BCUT2D eigenvalue weighted by molar-refractivity contribution is 7.80. The molecule has 0 aliphatic carbocycles. The van der Waals surface area contributed by atoms with Crippen LogP contribution in [0.2, 0.25) is 0 Å². The summed E-state index contributed by atoms with van der Waals surface area (Å²) in [6.45, 7) is 8.19. The molecule has 33 heavy (non-hydrogen) atoms. The quantitative estimate of drug-likeness (QED) is 0.454. The third kappa shape index (κ3) is 6.48. The molecular formula is C26H33N3O3S. The summed E-state index contributed by atoms with van der Waals surface area (Å²) in [5.41, 5.74) is 3.70. The number of thiocarbonyl (C=S) groups is 1. The zero-order chi connectivity index (χ0) is 24.0. The fraction of sp³-hybridized carbons (Fsp3) is 0.385. The van der Waals surface area contributed by atoms with Crippen molar-refractivity contribution < 1.29 is 9.47 Å². The molecule has 0 saturated carbocycles. The van der Waals surface area contributed by atoms with Gasteiger partial charge >= 0.3 is 0 Å². The van der Waals surface area contributed by atoms with Gasteiger partial charge in [0.1, 0.15) is 0 Å². The zero-order valence-corrected chi connectivity index (χ0v) is 20.8. The van der Waals surface area contributed by atoms with Gasteiger partial charge in [0.05, 0.1) is 20.8 Å². The molecule has 0 spiro atoms. The van der Waals surface area contributed by atoms with Gasteiger partial charge in [-0.15, -0.1) is 0 Å². The molecule has 0 bridgehead atoms. The van der Waals surface area contributed by atoms with Crippen molar-refractivity contribution in [2.24, 2.45) is 5.92 Å². The predicted molar refractivity (Wildman–Crippen MR) is 138 cm³/mol. The van der Waals surface area contributed by atoms with Crippen molar-refractivity contribution in [3.63, 3.8) is 0 Å². The van der Waals surface area contributed by atoms with E-state index >= 15 is 0 Å². The summed E-state index contributed by atoms with van der Waals surface area (Å²) in [7, 11) is 3.26. The van der Waals surface area contributed by atoms with E-state index in [4.69, 9.17) is 21.7 Å². The minimum atomic E-state index is -0.0888. The van der Waals surface area contributed by atoms with Gasteiger partial charge in [-0.2, -0.15) is 0 Å². The molecular weight excluding hydrogens is 434 g/mol. The van der Waals surface area contributed by atoms with Gasteiger partial charge in [0.2, 0.25) is 0 Å². The number of fused-ring (bicyclic) bond motifs is 1. The first-order chi connectivity index (χ1) is 15.8. The molecule has 7 heteroatoms. The molecule has 2 aromatic carbocycles. The summed E-state index contributed by atoms with van der Waals surface area (Å²) >= 11 is 5.71. The fourth-order valence-electron chi connectivity index (χ4n) is 3.65. The van der Waals surface area contributed by atoms with Crippen LogP contribution in [0, 0.1) is 12.8 Å². The molecule has 2 N–H and O–H groups in total. The van der Waals surface area contributed by atoms with Crippen molar-refractivity contribution in [3.05, 3.63) is 69.5 Å².